The highest BCUT2D eigenvalue weighted by atomic mass is 32.1. The molecule has 4 rings (SSSR count). The Bertz CT molecular complexity index is 869. The summed E-state index contributed by atoms with van der Waals surface area (Å²) < 4.78 is 5.40. The van der Waals surface area contributed by atoms with Crippen LogP contribution in [0.25, 0.3) is 21.8 Å². The maximum absolute atomic E-state index is 12.0. The van der Waals surface area contributed by atoms with Crippen LogP contribution in [0.5, 0.6) is 0 Å². The standard InChI is InChI=1S/C21H20N2O2S/c24-20(19-7-4-12-25-19)22-13-15-8-10-17(11-9-15)21-23-18(14-26-21)16-5-2-1-3-6-16/h1-3,5-6,8-11,14,19H,4,7,12-13H2,(H,22,24). The van der Waals surface area contributed by atoms with Crippen LogP contribution in [-0.4, -0.2) is 23.6 Å². The molecule has 1 aromatic heterocycles. The van der Waals surface area contributed by atoms with Crippen molar-refractivity contribution in [1.29, 1.82) is 0 Å². The summed E-state index contributed by atoms with van der Waals surface area (Å²) in [6, 6.07) is 18.4. The number of nitrogens with one attached hydrogen (secondary N) is 1. The molecule has 3 aromatic rings. The van der Waals surface area contributed by atoms with E-state index in [0.29, 0.717) is 13.2 Å². The van der Waals surface area contributed by atoms with Crippen LogP contribution < -0.4 is 5.32 Å². The van der Waals surface area contributed by atoms with E-state index in [0.717, 1.165) is 40.2 Å². The average Bonchev–Trinajstić information content (AvgIpc) is 3.39. The zero-order valence-electron chi connectivity index (χ0n) is 14.4. The first kappa shape index (κ1) is 16.9. The third-order valence-electron chi connectivity index (χ3n) is 4.46. The van der Waals surface area contributed by atoms with E-state index in [1.807, 2.05) is 30.3 Å². The Labute approximate surface area is 156 Å². The molecular weight excluding hydrogens is 344 g/mol. The fraction of sp³-hybridized carbons (Fsp3) is 0.238. The number of thiazole rings is 1. The second-order valence-electron chi connectivity index (χ2n) is 6.32. The number of carbonyl (C=O) groups excluding carboxylic acids is 1. The van der Waals surface area contributed by atoms with Crippen molar-refractivity contribution in [1.82, 2.24) is 10.3 Å². The summed E-state index contributed by atoms with van der Waals surface area (Å²) in [4.78, 5) is 16.7. The molecule has 4 nitrogen and oxygen atoms in total. The Morgan fingerprint density at radius 2 is 1.92 bits per heavy atom. The molecule has 0 spiro atoms. The second-order valence-corrected chi connectivity index (χ2v) is 7.18. The van der Waals surface area contributed by atoms with Crippen LogP contribution >= 0.6 is 11.3 Å². The molecule has 0 aliphatic carbocycles. The van der Waals surface area contributed by atoms with Crippen molar-refractivity contribution in [2.45, 2.75) is 25.5 Å². The van der Waals surface area contributed by atoms with Crippen molar-refractivity contribution in [3.05, 3.63) is 65.5 Å². The lowest BCUT2D eigenvalue weighted by Crippen LogP contribution is -2.33. The lowest BCUT2D eigenvalue weighted by atomic mass is 10.1. The van der Waals surface area contributed by atoms with Crippen molar-refractivity contribution in [2.75, 3.05) is 6.61 Å². The largest absolute Gasteiger partial charge is 0.368 e. The number of amides is 1. The Kier molecular flexibility index (Phi) is 5.09. The van der Waals surface area contributed by atoms with Gasteiger partial charge in [-0.15, -0.1) is 11.3 Å². The van der Waals surface area contributed by atoms with Gasteiger partial charge in [-0.3, -0.25) is 4.79 Å². The first-order valence-corrected chi connectivity index (χ1v) is 9.67. The molecule has 1 fully saturated rings. The number of aromatic nitrogens is 1. The number of ether oxygens (including phenoxy) is 1. The molecule has 1 aliphatic rings. The lowest BCUT2D eigenvalue weighted by Gasteiger charge is -2.10. The van der Waals surface area contributed by atoms with Gasteiger partial charge in [0.05, 0.1) is 5.69 Å². The van der Waals surface area contributed by atoms with Gasteiger partial charge in [0.1, 0.15) is 11.1 Å². The first-order chi connectivity index (χ1) is 12.8. The van der Waals surface area contributed by atoms with E-state index < -0.39 is 0 Å². The van der Waals surface area contributed by atoms with E-state index >= 15 is 0 Å². The maximum Gasteiger partial charge on any atom is 0.249 e. The van der Waals surface area contributed by atoms with Crippen LogP contribution in [0.1, 0.15) is 18.4 Å². The van der Waals surface area contributed by atoms with Gasteiger partial charge in [-0.25, -0.2) is 4.98 Å². The lowest BCUT2D eigenvalue weighted by molar-refractivity contribution is -0.130. The zero-order valence-corrected chi connectivity index (χ0v) is 15.2. The minimum absolute atomic E-state index is 0.0148. The van der Waals surface area contributed by atoms with E-state index in [2.05, 4.69) is 35.0 Å². The molecule has 1 atom stereocenters. The predicted molar refractivity (Wildman–Crippen MR) is 104 cm³/mol. The quantitative estimate of drug-likeness (QED) is 0.735. The zero-order chi connectivity index (χ0) is 17.8. The molecule has 26 heavy (non-hydrogen) atoms. The van der Waals surface area contributed by atoms with Gasteiger partial charge in [-0.1, -0.05) is 54.6 Å². The van der Waals surface area contributed by atoms with Crippen LogP contribution in [0.15, 0.2) is 60.0 Å². The highest BCUT2D eigenvalue weighted by Crippen LogP contribution is 2.28. The van der Waals surface area contributed by atoms with Crippen molar-refractivity contribution in [3.8, 4) is 21.8 Å². The molecule has 1 saturated heterocycles. The summed E-state index contributed by atoms with van der Waals surface area (Å²) in [5.74, 6) is -0.0148. The average molecular weight is 364 g/mol. The van der Waals surface area contributed by atoms with Crippen LogP contribution in [0.3, 0.4) is 0 Å². The summed E-state index contributed by atoms with van der Waals surface area (Å²) in [5, 5.41) is 6.03. The van der Waals surface area contributed by atoms with Gasteiger partial charge >= 0.3 is 0 Å². The fourth-order valence-corrected chi connectivity index (χ4v) is 3.84. The molecule has 5 heteroatoms. The molecule has 132 valence electrons. The number of nitrogens with zero attached hydrogens (tertiary/aromatic N) is 1. The smallest absolute Gasteiger partial charge is 0.249 e. The fourth-order valence-electron chi connectivity index (χ4n) is 3.00. The topological polar surface area (TPSA) is 51.2 Å². The minimum atomic E-state index is -0.277. The highest BCUT2D eigenvalue weighted by Gasteiger charge is 2.22. The van der Waals surface area contributed by atoms with E-state index in [9.17, 15) is 4.79 Å². The van der Waals surface area contributed by atoms with Crippen LogP contribution in [0.4, 0.5) is 0 Å². The monoisotopic (exact) mass is 364 g/mol. The molecule has 0 saturated carbocycles. The number of rotatable bonds is 5. The SMILES string of the molecule is O=C(NCc1ccc(-c2nc(-c3ccccc3)cs2)cc1)C1CCCO1. The third-order valence-corrected chi connectivity index (χ3v) is 5.35. The van der Waals surface area contributed by atoms with E-state index in [4.69, 9.17) is 9.72 Å². The predicted octanol–water partition coefficient (Wildman–Crippen LogP) is 4.27. The summed E-state index contributed by atoms with van der Waals surface area (Å²) in [5.41, 5.74) is 4.29. The molecule has 1 unspecified atom stereocenters. The van der Waals surface area contributed by atoms with Crippen molar-refractivity contribution in [2.24, 2.45) is 0 Å². The van der Waals surface area contributed by atoms with Gasteiger partial charge < -0.3 is 10.1 Å². The normalized spacial score (nSPS) is 16.5. The van der Waals surface area contributed by atoms with Crippen molar-refractivity contribution < 1.29 is 9.53 Å². The molecule has 1 N–H and O–H groups in total. The van der Waals surface area contributed by atoms with Crippen molar-refractivity contribution in [3.63, 3.8) is 0 Å². The van der Waals surface area contributed by atoms with Crippen LogP contribution in [-0.2, 0) is 16.1 Å². The van der Waals surface area contributed by atoms with Gasteiger partial charge in [0, 0.05) is 29.7 Å². The van der Waals surface area contributed by atoms with E-state index in [1.165, 1.54) is 0 Å². The summed E-state index contributed by atoms with van der Waals surface area (Å²) in [6.07, 6.45) is 1.51. The molecule has 1 aliphatic heterocycles. The van der Waals surface area contributed by atoms with Gasteiger partial charge in [-0.05, 0) is 18.4 Å². The number of carbonyl (C=O) groups is 1. The number of hydrogen-bond donors (Lipinski definition) is 1. The second kappa shape index (κ2) is 7.81. The van der Waals surface area contributed by atoms with Crippen LogP contribution in [0, 0.1) is 0 Å². The molecule has 2 heterocycles. The van der Waals surface area contributed by atoms with Crippen molar-refractivity contribution >= 4 is 17.2 Å². The van der Waals surface area contributed by atoms with E-state index in [-0.39, 0.29) is 12.0 Å². The van der Waals surface area contributed by atoms with E-state index in [1.54, 1.807) is 11.3 Å². The summed E-state index contributed by atoms with van der Waals surface area (Å²) >= 11 is 1.64. The number of hydrogen-bond acceptors (Lipinski definition) is 4. The molecule has 1 amide bonds. The van der Waals surface area contributed by atoms with Gasteiger partial charge in [-0.2, -0.15) is 0 Å². The Hall–Kier alpha value is -2.50. The maximum atomic E-state index is 12.0. The molecule has 0 radical (unpaired) electrons. The Morgan fingerprint density at radius 3 is 2.65 bits per heavy atom. The Balaban J connectivity index is 1.40. The van der Waals surface area contributed by atoms with Gasteiger partial charge in [0.2, 0.25) is 5.91 Å². The Morgan fingerprint density at radius 1 is 1.12 bits per heavy atom. The third kappa shape index (κ3) is 3.84. The number of benzene rings is 2. The highest BCUT2D eigenvalue weighted by molar-refractivity contribution is 7.13. The molecule has 0 bridgehead atoms. The minimum Gasteiger partial charge on any atom is -0.368 e. The summed E-state index contributed by atoms with van der Waals surface area (Å²) in [6.45, 7) is 1.21. The molecule has 2 aromatic carbocycles. The first-order valence-electron chi connectivity index (χ1n) is 8.79. The molecular formula is C21H20N2O2S. The van der Waals surface area contributed by atoms with Gasteiger partial charge in [0.15, 0.2) is 0 Å². The summed E-state index contributed by atoms with van der Waals surface area (Å²) in [7, 11) is 0. The van der Waals surface area contributed by atoms with Gasteiger partial charge in [0.25, 0.3) is 0 Å². The van der Waals surface area contributed by atoms with Crippen LogP contribution in [0.2, 0.25) is 0 Å².